The molecule has 21 heavy (non-hydrogen) atoms. The second kappa shape index (κ2) is 5.30. The van der Waals surface area contributed by atoms with Crippen LogP contribution in [0, 0.1) is 0 Å². The van der Waals surface area contributed by atoms with E-state index in [1.807, 2.05) is 6.07 Å². The van der Waals surface area contributed by atoms with Crippen molar-refractivity contribution >= 4 is 10.8 Å². The summed E-state index contributed by atoms with van der Waals surface area (Å²) in [5.41, 5.74) is 2.52. The average Bonchev–Trinajstić information content (AvgIpc) is 2.46. The van der Waals surface area contributed by atoms with Crippen LogP contribution in [0.25, 0.3) is 10.8 Å². The molecule has 0 radical (unpaired) electrons. The normalized spacial score (nSPS) is 17.3. The molecule has 0 unspecified atom stereocenters. The minimum absolute atomic E-state index is 0.0430. The quantitative estimate of drug-likeness (QED) is 0.844. The van der Waals surface area contributed by atoms with Gasteiger partial charge in [0.15, 0.2) is 0 Å². The molecule has 3 rings (SSSR count). The van der Waals surface area contributed by atoms with E-state index in [0.717, 1.165) is 42.4 Å². The van der Waals surface area contributed by atoms with Gasteiger partial charge >= 0.3 is 0 Å². The molecule has 3 nitrogen and oxygen atoms in total. The maximum Gasteiger partial charge on any atom is 0.256 e. The smallest absolute Gasteiger partial charge is 0.256 e. The van der Waals surface area contributed by atoms with Gasteiger partial charge in [0.25, 0.3) is 5.56 Å². The lowest BCUT2D eigenvalue weighted by Gasteiger charge is -2.23. The van der Waals surface area contributed by atoms with Crippen molar-refractivity contribution in [2.45, 2.75) is 44.9 Å². The molecule has 1 fully saturated rings. The number of fused-ring (bicyclic) bond motifs is 1. The molecule has 1 aromatic heterocycles. The first kappa shape index (κ1) is 14.3. The van der Waals surface area contributed by atoms with Crippen LogP contribution in [-0.2, 0) is 5.41 Å². The Hall–Kier alpha value is -1.61. The second-order valence-corrected chi connectivity index (χ2v) is 7.13. The zero-order chi connectivity index (χ0) is 15.0. The van der Waals surface area contributed by atoms with Crippen molar-refractivity contribution in [3.8, 4) is 0 Å². The van der Waals surface area contributed by atoms with Gasteiger partial charge in [-0.25, -0.2) is 0 Å². The second-order valence-electron chi connectivity index (χ2n) is 7.13. The van der Waals surface area contributed by atoms with E-state index >= 15 is 0 Å². The third kappa shape index (κ3) is 2.88. The Labute approximate surface area is 125 Å². The molecule has 0 aliphatic carbocycles. The topological polar surface area (TPSA) is 44.9 Å². The first-order chi connectivity index (χ1) is 9.95. The van der Waals surface area contributed by atoms with Gasteiger partial charge < -0.3 is 10.3 Å². The largest absolute Gasteiger partial charge is 0.325 e. The van der Waals surface area contributed by atoms with Crippen molar-refractivity contribution in [1.29, 1.82) is 0 Å². The maximum atomic E-state index is 12.3. The number of benzene rings is 1. The summed E-state index contributed by atoms with van der Waals surface area (Å²) in [6.07, 6.45) is 2.20. The Kier molecular flexibility index (Phi) is 3.62. The molecule has 0 atom stereocenters. The molecular formula is C18H24N2O. The number of nitrogens with one attached hydrogen (secondary N) is 2. The number of H-pyrrole nitrogens is 1. The number of aromatic nitrogens is 1. The Morgan fingerprint density at radius 1 is 1.10 bits per heavy atom. The van der Waals surface area contributed by atoms with Crippen LogP contribution in [0.15, 0.2) is 29.1 Å². The predicted octanol–water partition coefficient (Wildman–Crippen LogP) is 3.29. The number of rotatable bonds is 1. The molecule has 1 saturated heterocycles. The van der Waals surface area contributed by atoms with E-state index in [-0.39, 0.29) is 11.0 Å². The van der Waals surface area contributed by atoms with Crippen LogP contribution in [0.1, 0.15) is 50.8 Å². The van der Waals surface area contributed by atoms with E-state index in [1.165, 1.54) is 5.56 Å². The summed E-state index contributed by atoms with van der Waals surface area (Å²) < 4.78 is 0. The lowest BCUT2D eigenvalue weighted by molar-refractivity contribution is 0.453. The number of piperidine rings is 1. The first-order valence-corrected chi connectivity index (χ1v) is 7.83. The van der Waals surface area contributed by atoms with E-state index in [1.54, 1.807) is 0 Å². The highest BCUT2D eigenvalue weighted by molar-refractivity contribution is 5.82. The highest BCUT2D eigenvalue weighted by Gasteiger charge is 2.18. The van der Waals surface area contributed by atoms with Crippen LogP contribution >= 0.6 is 0 Å². The van der Waals surface area contributed by atoms with Crippen molar-refractivity contribution in [3.63, 3.8) is 0 Å². The van der Waals surface area contributed by atoms with Gasteiger partial charge in [0.05, 0.1) is 0 Å². The molecule has 2 aromatic rings. The van der Waals surface area contributed by atoms with Crippen molar-refractivity contribution in [2.24, 2.45) is 0 Å². The summed E-state index contributed by atoms with van der Waals surface area (Å²) in [4.78, 5) is 15.4. The van der Waals surface area contributed by atoms with Gasteiger partial charge in [-0.15, -0.1) is 0 Å². The molecule has 112 valence electrons. The molecule has 1 aromatic carbocycles. The van der Waals surface area contributed by atoms with Gasteiger partial charge in [0.2, 0.25) is 0 Å². The Balaban J connectivity index is 2.10. The summed E-state index contributed by atoms with van der Waals surface area (Å²) in [6, 6.07) is 8.39. The molecule has 0 bridgehead atoms. The third-order valence-electron chi connectivity index (χ3n) is 4.51. The van der Waals surface area contributed by atoms with Crippen LogP contribution in [0.2, 0.25) is 0 Å². The highest BCUT2D eigenvalue weighted by Crippen LogP contribution is 2.28. The zero-order valence-corrected chi connectivity index (χ0v) is 13.1. The monoisotopic (exact) mass is 284 g/mol. The van der Waals surface area contributed by atoms with Gasteiger partial charge in [0, 0.05) is 17.0 Å². The summed E-state index contributed by atoms with van der Waals surface area (Å²) in [5.74, 6) is 0.474. The molecule has 0 saturated carbocycles. The maximum absolute atomic E-state index is 12.3. The fraction of sp³-hybridized carbons (Fsp3) is 0.500. The summed E-state index contributed by atoms with van der Waals surface area (Å²) in [5, 5.41) is 5.23. The highest BCUT2D eigenvalue weighted by atomic mass is 16.1. The summed E-state index contributed by atoms with van der Waals surface area (Å²) in [6.45, 7) is 8.68. The van der Waals surface area contributed by atoms with E-state index in [9.17, 15) is 4.79 Å². The fourth-order valence-electron chi connectivity index (χ4n) is 3.11. The third-order valence-corrected chi connectivity index (χ3v) is 4.51. The van der Waals surface area contributed by atoms with Gasteiger partial charge in [-0.2, -0.15) is 0 Å². The lowest BCUT2D eigenvalue weighted by atomic mass is 9.85. The predicted molar refractivity (Wildman–Crippen MR) is 88.1 cm³/mol. The Morgan fingerprint density at radius 2 is 1.81 bits per heavy atom. The molecule has 1 aliphatic rings. The van der Waals surface area contributed by atoms with Crippen molar-refractivity contribution in [2.75, 3.05) is 13.1 Å². The lowest BCUT2D eigenvalue weighted by Crippen LogP contribution is -2.28. The minimum Gasteiger partial charge on any atom is -0.325 e. The summed E-state index contributed by atoms with van der Waals surface area (Å²) >= 11 is 0. The van der Waals surface area contributed by atoms with Crippen LogP contribution in [0.4, 0.5) is 0 Å². The van der Waals surface area contributed by atoms with Crippen molar-refractivity contribution < 1.29 is 0 Å². The van der Waals surface area contributed by atoms with Crippen molar-refractivity contribution in [1.82, 2.24) is 10.3 Å². The summed E-state index contributed by atoms with van der Waals surface area (Å²) in [7, 11) is 0. The zero-order valence-electron chi connectivity index (χ0n) is 13.1. The SMILES string of the molecule is CC(C)(C)c1ccc2c(=O)[nH]c(C3CCNCC3)cc2c1. The van der Waals surface area contributed by atoms with Gasteiger partial charge in [0.1, 0.15) is 0 Å². The van der Waals surface area contributed by atoms with Crippen LogP contribution < -0.4 is 10.9 Å². The van der Waals surface area contributed by atoms with Crippen LogP contribution in [0.5, 0.6) is 0 Å². The first-order valence-electron chi connectivity index (χ1n) is 7.83. The van der Waals surface area contributed by atoms with E-state index in [0.29, 0.717) is 5.92 Å². The minimum atomic E-state index is 0.0430. The van der Waals surface area contributed by atoms with Gasteiger partial charge in [-0.05, 0) is 54.4 Å². The molecule has 3 heteroatoms. The van der Waals surface area contributed by atoms with E-state index in [4.69, 9.17) is 0 Å². The van der Waals surface area contributed by atoms with Crippen LogP contribution in [0.3, 0.4) is 0 Å². The molecular weight excluding hydrogens is 260 g/mol. The molecule has 2 heterocycles. The molecule has 0 spiro atoms. The average molecular weight is 284 g/mol. The molecule has 0 amide bonds. The molecule has 1 aliphatic heterocycles. The van der Waals surface area contributed by atoms with E-state index < -0.39 is 0 Å². The van der Waals surface area contributed by atoms with Crippen molar-refractivity contribution in [3.05, 3.63) is 45.9 Å². The number of hydrogen-bond acceptors (Lipinski definition) is 2. The fourth-order valence-corrected chi connectivity index (χ4v) is 3.11. The van der Waals surface area contributed by atoms with Gasteiger partial charge in [-0.1, -0.05) is 32.9 Å². The van der Waals surface area contributed by atoms with E-state index in [2.05, 4.69) is 49.3 Å². The number of pyridine rings is 1. The number of hydrogen-bond donors (Lipinski definition) is 2. The molecule has 2 N–H and O–H groups in total. The van der Waals surface area contributed by atoms with Gasteiger partial charge in [-0.3, -0.25) is 4.79 Å². The number of aromatic amines is 1. The standard InChI is InChI=1S/C18H24N2O/c1-18(2,3)14-4-5-15-13(10-14)11-16(20-17(15)21)12-6-8-19-9-7-12/h4-5,10-12,19H,6-9H2,1-3H3,(H,20,21). The Bertz CT molecular complexity index is 703. The Morgan fingerprint density at radius 3 is 2.48 bits per heavy atom. The van der Waals surface area contributed by atoms with Crippen LogP contribution in [-0.4, -0.2) is 18.1 Å².